The molecule has 1 rings (SSSR count). The van der Waals surface area contributed by atoms with Crippen LogP contribution in [0.15, 0.2) is 12.1 Å². The molecule has 16 heavy (non-hydrogen) atoms. The van der Waals surface area contributed by atoms with Crippen molar-refractivity contribution in [2.24, 2.45) is 5.73 Å². The van der Waals surface area contributed by atoms with Gasteiger partial charge in [0.05, 0.1) is 0 Å². The third-order valence-electron chi connectivity index (χ3n) is 3.04. The summed E-state index contributed by atoms with van der Waals surface area (Å²) in [7, 11) is 0. The number of phenolic OH excluding ortho intramolecular Hbond substituents is 1. The number of nitrogens with two attached hydrogens (primary N) is 1. The van der Waals surface area contributed by atoms with E-state index in [1.54, 1.807) is 0 Å². The molecule has 0 saturated carbocycles. The van der Waals surface area contributed by atoms with Gasteiger partial charge in [0.1, 0.15) is 5.75 Å². The quantitative estimate of drug-likeness (QED) is 0.815. The highest BCUT2D eigenvalue weighted by Crippen LogP contribution is 2.31. The fraction of sp³-hybridized carbons (Fsp3) is 0.571. The Balaban J connectivity index is 3.14. The topological polar surface area (TPSA) is 46.2 Å². The zero-order valence-corrected chi connectivity index (χ0v) is 10.7. The van der Waals surface area contributed by atoms with E-state index in [0.717, 1.165) is 24.0 Å². The van der Waals surface area contributed by atoms with Gasteiger partial charge in [0.25, 0.3) is 0 Å². The van der Waals surface area contributed by atoms with Crippen LogP contribution in [0.4, 0.5) is 0 Å². The molecule has 0 aliphatic carbocycles. The normalized spacial score (nSPS) is 13.1. The molecular weight excluding hydrogens is 198 g/mol. The second kappa shape index (κ2) is 5.35. The Bertz CT molecular complexity index is 358. The van der Waals surface area contributed by atoms with Gasteiger partial charge in [0, 0.05) is 6.04 Å². The maximum Gasteiger partial charge on any atom is 0.119 e. The molecule has 0 aromatic heterocycles. The maximum atomic E-state index is 9.86. The minimum Gasteiger partial charge on any atom is -0.508 e. The lowest BCUT2D eigenvalue weighted by atomic mass is 9.92. The smallest absolute Gasteiger partial charge is 0.119 e. The molecule has 1 aromatic rings. The average Bonchev–Trinajstić information content (AvgIpc) is 2.17. The molecule has 0 aliphatic heterocycles. The third kappa shape index (κ3) is 2.76. The monoisotopic (exact) mass is 221 g/mol. The molecule has 0 saturated heterocycles. The highest BCUT2D eigenvalue weighted by atomic mass is 16.3. The van der Waals surface area contributed by atoms with Gasteiger partial charge in [-0.2, -0.15) is 0 Å². The molecule has 0 amide bonds. The lowest BCUT2D eigenvalue weighted by molar-refractivity contribution is 0.463. The van der Waals surface area contributed by atoms with Crippen molar-refractivity contribution in [2.75, 3.05) is 0 Å². The van der Waals surface area contributed by atoms with Crippen LogP contribution < -0.4 is 5.73 Å². The summed E-state index contributed by atoms with van der Waals surface area (Å²) in [5, 5.41) is 9.86. The van der Waals surface area contributed by atoms with Gasteiger partial charge in [0.15, 0.2) is 0 Å². The van der Waals surface area contributed by atoms with E-state index < -0.39 is 0 Å². The van der Waals surface area contributed by atoms with Crippen molar-refractivity contribution in [3.63, 3.8) is 0 Å². The van der Waals surface area contributed by atoms with Gasteiger partial charge in [-0.3, -0.25) is 0 Å². The first-order chi connectivity index (χ1) is 7.47. The van der Waals surface area contributed by atoms with Crippen molar-refractivity contribution >= 4 is 0 Å². The number of phenols is 1. The summed E-state index contributed by atoms with van der Waals surface area (Å²) < 4.78 is 0. The minimum atomic E-state index is 0.0862. The summed E-state index contributed by atoms with van der Waals surface area (Å²) in [5.41, 5.74) is 9.39. The Kier molecular flexibility index (Phi) is 4.36. The molecule has 0 fully saturated rings. The van der Waals surface area contributed by atoms with E-state index >= 15 is 0 Å². The number of benzene rings is 1. The van der Waals surface area contributed by atoms with Crippen LogP contribution in [-0.4, -0.2) is 5.11 Å². The van der Waals surface area contributed by atoms with Crippen LogP contribution in [0.3, 0.4) is 0 Å². The summed E-state index contributed by atoms with van der Waals surface area (Å²) >= 11 is 0. The summed E-state index contributed by atoms with van der Waals surface area (Å²) in [6, 6.07) is 3.98. The first-order valence-corrected chi connectivity index (χ1v) is 6.06. The van der Waals surface area contributed by atoms with E-state index in [-0.39, 0.29) is 6.04 Å². The molecule has 0 bridgehead atoms. The molecule has 0 radical (unpaired) electrons. The van der Waals surface area contributed by atoms with Crippen LogP contribution in [-0.2, 0) is 0 Å². The Morgan fingerprint density at radius 1 is 1.25 bits per heavy atom. The Morgan fingerprint density at radius 3 is 2.38 bits per heavy atom. The van der Waals surface area contributed by atoms with Crippen molar-refractivity contribution in [3.8, 4) is 5.75 Å². The lowest BCUT2D eigenvalue weighted by Gasteiger charge is -2.18. The van der Waals surface area contributed by atoms with E-state index in [1.807, 2.05) is 13.0 Å². The second-order valence-electron chi connectivity index (χ2n) is 4.82. The maximum absolute atomic E-state index is 9.86. The lowest BCUT2D eigenvalue weighted by Crippen LogP contribution is -2.12. The van der Waals surface area contributed by atoms with Gasteiger partial charge < -0.3 is 10.8 Å². The largest absolute Gasteiger partial charge is 0.508 e. The molecule has 0 aliphatic rings. The summed E-state index contributed by atoms with van der Waals surface area (Å²) in [6.07, 6.45) is 2.07. The van der Waals surface area contributed by atoms with Crippen molar-refractivity contribution in [3.05, 3.63) is 28.8 Å². The van der Waals surface area contributed by atoms with Crippen LogP contribution >= 0.6 is 0 Å². The van der Waals surface area contributed by atoms with E-state index in [1.165, 1.54) is 5.56 Å². The number of rotatable bonds is 4. The number of hydrogen-bond donors (Lipinski definition) is 2. The van der Waals surface area contributed by atoms with Gasteiger partial charge in [-0.1, -0.05) is 33.3 Å². The Hall–Kier alpha value is -1.02. The standard InChI is InChI=1S/C14H23NO/c1-5-6-13(15)12-8-11(9(2)3)14(16)7-10(12)4/h7-9,13,16H,5-6,15H2,1-4H3. The number of aryl methyl sites for hydroxylation is 1. The van der Waals surface area contributed by atoms with Crippen LogP contribution in [0.25, 0.3) is 0 Å². The molecule has 90 valence electrons. The SMILES string of the molecule is CCCC(N)c1cc(C(C)C)c(O)cc1C. The van der Waals surface area contributed by atoms with Gasteiger partial charge in [-0.25, -0.2) is 0 Å². The van der Waals surface area contributed by atoms with Crippen LogP contribution in [0.2, 0.25) is 0 Å². The minimum absolute atomic E-state index is 0.0862. The Morgan fingerprint density at radius 2 is 1.88 bits per heavy atom. The fourth-order valence-electron chi connectivity index (χ4n) is 2.06. The van der Waals surface area contributed by atoms with Gasteiger partial charge in [-0.05, 0) is 42.0 Å². The second-order valence-corrected chi connectivity index (χ2v) is 4.82. The fourth-order valence-corrected chi connectivity index (χ4v) is 2.06. The molecule has 0 spiro atoms. The average molecular weight is 221 g/mol. The van der Waals surface area contributed by atoms with Crippen molar-refractivity contribution in [1.29, 1.82) is 0 Å². The van der Waals surface area contributed by atoms with Crippen LogP contribution in [0.5, 0.6) is 5.75 Å². The summed E-state index contributed by atoms with van der Waals surface area (Å²) in [4.78, 5) is 0. The van der Waals surface area contributed by atoms with Gasteiger partial charge >= 0.3 is 0 Å². The molecule has 0 heterocycles. The van der Waals surface area contributed by atoms with Crippen molar-refractivity contribution in [2.45, 2.75) is 52.5 Å². The molecule has 1 atom stereocenters. The Labute approximate surface area is 98.5 Å². The van der Waals surface area contributed by atoms with Crippen LogP contribution in [0, 0.1) is 6.92 Å². The summed E-state index contributed by atoms with van der Waals surface area (Å²) in [5.74, 6) is 0.716. The van der Waals surface area contributed by atoms with E-state index in [0.29, 0.717) is 11.7 Å². The van der Waals surface area contributed by atoms with Gasteiger partial charge in [0.2, 0.25) is 0 Å². The third-order valence-corrected chi connectivity index (χ3v) is 3.04. The predicted octanol–water partition coefficient (Wildman–Crippen LogP) is 3.62. The zero-order valence-electron chi connectivity index (χ0n) is 10.7. The van der Waals surface area contributed by atoms with Crippen molar-refractivity contribution in [1.82, 2.24) is 0 Å². The highest BCUT2D eigenvalue weighted by Gasteiger charge is 2.13. The number of hydrogen-bond acceptors (Lipinski definition) is 2. The first kappa shape index (κ1) is 13.0. The predicted molar refractivity (Wildman–Crippen MR) is 68.8 cm³/mol. The molecule has 3 N–H and O–H groups in total. The molecular formula is C14H23NO. The first-order valence-electron chi connectivity index (χ1n) is 6.06. The van der Waals surface area contributed by atoms with E-state index in [2.05, 4.69) is 26.8 Å². The molecule has 2 nitrogen and oxygen atoms in total. The number of aromatic hydroxyl groups is 1. The highest BCUT2D eigenvalue weighted by molar-refractivity contribution is 5.44. The van der Waals surface area contributed by atoms with Crippen LogP contribution in [0.1, 0.15) is 62.3 Å². The van der Waals surface area contributed by atoms with E-state index in [9.17, 15) is 5.11 Å². The zero-order chi connectivity index (χ0) is 12.3. The molecule has 1 aromatic carbocycles. The summed E-state index contributed by atoms with van der Waals surface area (Å²) in [6.45, 7) is 8.31. The molecule has 1 unspecified atom stereocenters. The van der Waals surface area contributed by atoms with E-state index in [4.69, 9.17) is 5.73 Å². The molecule has 2 heteroatoms. The van der Waals surface area contributed by atoms with Crippen molar-refractivity contribution < 1.29 is 5.11 Å². The van der Waals surface area contributed by atoms with Gasteiger partial charge in [-0.15, -0.1) is 0 Å².